The molecule has 2 aromatic rings. The van der Waals surface area contributed by atoms with Gasteiger partial charge in [-0.2, -0.15) is 0 Å². The van der Waals surface area contributed by atoms with Crippen LogP contribution in [-0.4, -0.2) is 12.9 Å². The Morgan fingerprint density at radius 3 is 1.76 bits per heavy atom. The Hall–Kier alpha value is -1.93. The standard InChI is InChI=1S/C15H13NO/c1-3-7-13(8-4-1)15(11-16-12-17-15)14-9-5-2-6-10-14/h1-11H,12H2. The SMILES string of the molecule is C1=NCOC1(c1ccccc1)c1ccccc1. The number of hydrogen-bond acceptors (Lipinski definition) is 2. The Morgan fingerprint density at radius 2 is 1.35 bits per heavy atom. The first kappa shape index (κ1) is 10.2. The maximum Gasteiger partial charge on any atom is 0.155 e. The normalized spacial score (nSPS) is 17.2. The molecule has 1 aliphatic rings. The fourth-order valence-corrected chi connectivity index (χ4v) is 2.20. The van der Waals surface area contributed by atoms with Crippen molar-refractivity contribution in [1.29, 1.82) is 0 Å². The molecule has 0 fully saturated rings. The van der Waals surface area contributed by atoms with Crippen LogP contribution < -0.4 is 0 Å². The van der Waals surface area contributed by atoms with Crippen molar-refractivity contribution in [2.75, 3.05) is 6.73 Å². The van der Waals surface area contributed by atoms with Crippen molar-refractivity contribution in [3.05, 3.63) is 71.8 Å². The number of rotatable bonds is 2. The largest absolute Gasteiger partial charge is 0.338 e. The molecule has 1 aliphatic heterocycles. The number of benzene rings is 2. The molecule has 2 heteroatoms. The quantitative estimate of drug-likeness (QED) is 0.767. The first-order valence-corrected chi connectivity index (χ1v) is 5.68. The zero-order chi connectivity index (χ0) is 11.6. The van der Waals surface area contributed by atoms with Gasteiger partial charge in [0.1, 0.15) is 6.73 Å². The van der Waals surface area contributed by atoms with Crippen LogP contribution in [0.4, 0.5) is 0 Å². The van der Waals surface area contributed by atoms with Crippen molar-refractivity contribution in [2.24, 2.45) is 4.99 Å². The minimum atomic E-state index is -0.511. The van der Waals surface area contributed by atoms with Crippen molar-refractivity contribution in [3.63, 3.8) is 0 Å². The van der Waals surface area contributed by atoms with Gasteiger partial charge in [-0.15, -0.1) is 0 Å². The van der Waals surface area contributed by atoms with Gasteiger partial charge in [-0.1, -0.05) is 60.7 Å². The van der Waals surface area contributed by atoms with Gasteiger partial charge in [-0.25, -0.2) is 0 Å². The lowest BCUT2D eigenvalue weighted by Gasteiger charge is -2.26. The first-order chi connectivity index (χ1) is 8.42. The van der Waals surface area contributed by atoms with Crippen molar-refractivity contribution in [1.82, 2.24) is 0 Å². The second-order valence-electron chi connectivity index (χ2n) is 4.05. The monoisotopic (exact) mass is 223 g/mol. The summed E-state index contributed by atoms with van der Waals surface area (Å²) in [6, 6.07) is 20.4. The van der Waals surface area contributed by atoms with E-state index in [9.17, 15) is 0 Å². The first-order valence-electron chi connectivity index (χ1n) is 5.68. The molecule has 0 amide bonds. The molecule has 84 valence electrons. The maximum absolute atomic E-state index is 5.89. The fraction of sp³-hybridized carbons (Fsp3) is 0.133. The molecule has 0 saturated carbocycles. The molecule has 0 N–H and O–H groups in total. The van der Waals surface area contributed by atoms with Gasteiger partial charge in [0.2, 0.25) is 0 Å². The van der Waals surface area contributed by atoms with E-state index in [0.29, 0.717) is 6.73 Å². The van der Waals surface area contributed by atoms with Gasteiger partial charge in [0.25, 0.3) is 0 Å². The zero-order valence-corrected chi connectivity index (χ0v) is 9.41. The van der Waals surface area contributed by atoms with Gasteiger partial charge in [-0.3, -0.25) is 4.99 Å². The lowest BCUT2D eigenvalue weighted by Crippen LogP contribution is -2.29. The maximum atomic E-state index is 5.89. The van der Waals surface area contributed by atoms with Gasteiger partial charge in [0, 0.05) is 6.21 Å². The summed E-state index contributed by atoms with van der Waals surface area (Å²) < 4.78 is 5.89. The van der Waals surface area contributed by atoms with Crippen molar-refractivity contribution in [3.8, 4) is 0 Å². The van der Waals surface area contributed by atoms with Gasteiger partial charge in [0.15, 0.2) is 5.60 Å². The Morgan fingerprint density at radius 1 is 0.824 bits per heavy atom. The van der Waals surface area contributed by atoms with E-state index >= 15 is 0 Å². The van der Waals surface area contributed by atoms with E-state index in [-0.39, 0.29) is 0 Å². The molecular formula is C15H13NO. The minimum absolute atomic E-state index is 0.420. The van der Waals surface area contributed by atoms with Gasteiger partial charge >= 0.3 is 0 Å². The number of nitrogens with zero attached hydrogens (tertiary/aromatic N) is 1. The average molecular weight is 223 g/mol. The van der Waals surface area contributed by atoms with E-state index in [0.717, 1.165) is 11.1 Å². The highest BCUT2D eigenvalue weighted by atomic mass is 16.5. The Labute approximate surface area is 101 Å². The zero-order valence-electron chi connectivity index (χ0n) is 9.41. The Bertz CT molecular complexity index is 480. The lowest BCUT2D eigenvalue weighted by molar-refractivity contribution is 0.0636. The van der Waals surface area contributed by atoms with Crippen molar-refractivity contribution < 1.29 is 4.74 Å². The van der Waals surface area contributed by atoms with Crippen LogP contribution in [0.15, 0.2) is 65.7 Å². The van der Waals surface area contributed by atoms with Crippen molar-refractivity contribution >= 4 is 6.21 Å². The minimum Gasteiger partial charge on any atom is -0.338 e. The summed E-state index contributed by atoms with van der Waals surface area (Å²) in [6.07, 6.45) is 1.90. The molecule has 1 heterocycles. The highest BCUT2D eigenvalue weighted by Gasteiger charge is 2.36. The third-order valence-electron chi connectivity index (χ3n) is 3.05. The van der Waals surface area contributed by atoms with E-state index in [1.54, 1.807) is 0 Å². The Kier molecular flexibility index (Phi) is 2.50. The van der Waals surface area contributed by atoms with Gasteiger partial charge in [-0.05, 0) is 11.1 Å². The van der Waals surface area contributed by atoms with E-state index < -0.39 is 5.60 Å². The molecule has 0 spiro atoms. The molecular weight excluding hydrogens is 210 g/mol. The molecule has 2 aromatic carbocycles. The topological polar surface area (TPSA) is 21.6 Å². The van der Waals surface area contributed by atoms with Crippen LogP contribution in [0.1, 0.15) is 11.1 Å². The third-order valence-corrected chi connectivity index (χ3v) is 3.05. The summed E-state index contributed by atoms with van der Waals surface area (Å²) in [4.78, 5) is 4.24. The van der Waals surface area contributed by atoms with Crippen LogP contribution in [0, 0.1) is 0 Å². The molecule has 0 saturated heterocycles. The van der Waals surface area contributed by atoms with Crippen LogP contribution in [0.5, 0.6) is 0 Å². The number of aliphatic imine (C=N–C) groups is 1. The summed E-state index contributed by atoms with van der Waals surface area (Å²) in [5.74, 6) is 0. The summed E-state index contributed by atoms with van der Waals surface area (Å²) in [6.45, 7) is 0.420. The van der Waals surface area contributed by atoms with E-state index in [1.807, 2.05) is 42.6 Å². The van der Waals surface area contributed by atoms with Gasteiger partial charge < -0.3 is 4.74 Å². The van der Waals surface area contributed by atoms with E-state index in [2.05, 4.69) is 29.3 Å². The molecule has 0 aromatic heterocycles. The summed E-state index contributed by atoms with van der Waals surface area (Å²) in [5.41, 5.74) is 1.72. The summed E-state index contributed by atoms with van der Waals surface area (Å²) in [5, 5.41) is 0. The number of ether oxygens (including phenoxy) is 1. The van der Waals surface area contributed by atoms with Crippen LogP contribution in [0.3, 0.4) is 0 Å². The molecule has 17 heavy (non-hydrogen) atoms. The van der Waals surface area contributed by atoms with Crippen LogP contribution in [0.2, 0.25) is 0 Å². The summed E-state index contributed by atoms with van der Waals surface area (Å²) in [7, 11) is 0. The predicted molar refractivity (Wildman–Crippen MR) is 68.1 cm³/mol. The lowest BCUT2D eigenvalue weighted by atomic mass is 9.87. The van der Waals surface area contributed by atoms with E-state index in [1.165, 1.54) is 0 Å². The molecule has 0 bridgehead atoms. The third kappa shape index (κ3) is 1.67. The highest BCUT2D eigenvalue weighted by Crippen LogP contribution is 2.34. The van der Waals surface area contributed by atoms with Crippen LogP contribution in [-0.2, 0) is 10.3 Å². The van der Waals surface area contributed by atoms with Crippen molar-refractivity contribution in [2.45, 2.75) is 5.60 Å². The van der Waals surface area contributed by atoms with Crippen LogP contribution in [0.25, 0.3) is 0 Å². The molecule has 2 nitrogen and oxygen atoms in total. The molecule has 3 rings (SSSR count). The molecule has 0 radical (unpaired) electrons. The molecule has 0 unspecified atom stereocenters. The van der Waals surface area contributed by atoms with E-state index in [4.69, 9.17) is 4.74 Å². The molecule has 0 aliphatic carbocycles. The van der Waals surface area contributed by atoms with Crippen LogP contribution >= 0.6 is 0 Å². The molecule has 0 atom stereocenters. The number of hydrogen-bond donors (Lipinski definition) is 0. The predicted octanol–water partition coefficient (Wildman–Crippen LogP) is 2.99. The van der Waals surface area contributed by atoms with Gasteiger partial charge in [0.05, 0.1) is 0 Å². The highest BCUT2D eigenvalue weighted by molar-refractivity contribution is 5.78. The fourth-order valence-electron chi connectivity index (χ4n) is 2.20. The summed E-state index contributed by atoms with van der Waals surface area (Å²) >= 11 is 0. The second-order valence-corrected chi connectivity index (χ2v) is 4.05. The smallest absolute Gasteiger partial charge is 0.155 e. The second kappa shape index (κ2) is 4.15. The average Bonchev–Trinajstić information content (AvgIpc) is 2.91. The Balaban J connectivity index is 2.15.